The van der Waals surface area contributed by atoms with Crippen LogP contribution in [0.5, 0.6) is 0 Å². The van der Waals surface area contributed by atoms with Gasteiger partial charge in [-0.1, -0.05) is 0 Å². The summed E-state index contributed by atoms with van der Waals surface area (Å²) in [6, 6.07) is 0. The first-order valence-electron chi connectivity index (χ1n) is 3.77. The van der Waals surface area contributed by atoms with Gasteiger partial charge < -0.3 is 0 Å². The van der Waals surface area contributed by atoms with Gasteiger partial charge in [-0.15, -0.1) is 0 Å². The molecule has 0 aliphatic rings. The molecular formula is C8H18OPPd. The molecule has 0 rings (SSSR count). The summed E-state index contributed by atoms with van der Waals surface area (Å²) in [4.78, 5) is 0. The van der Waals surface area contributed by atoms with E-state index in [4.69, 9.17) is 0 Å². The third-order valence-electron chi connectivity index (χ3n) is 1.64. The quantitative estimate of drug-likeness (QED) is 0.486. The first-order chi connectivity index (χ1) is 4.50. The van der Waals surface area contributed by atoms with Gasteiger partial charge in [0.1, 0.15) is 0 Å². The number of hydrogen-bond donors (Lipinski definition) is 0. The molecule has 0 bridgehead atoms. The van der Waals surface area contributed by atoms with E-state index in [-0.39, 0.29) is 10.3 Å². The Morgan fingerprint density at radius 3 is 1.09 bits per heavy atom. The molecule has 0 aliphatic heterocycles. The minimum absolute atomic E-state index is 0.131. The fraction of sp³-hybridized carbons (Fsp3) is 1.00. The molecule has 0 unspecified atom stereocenters. The van der Waals surface area contributed by atoms with Crippen LogP contribution in [-0.2, 0) is 23.3 Å². The predicted molar refractivity (Wildman–Crippen MR) is 47.1 cm³/mol. The molecule has 0 N–H and O–H groups in total. The van der Waals surface area contributed by atoms with E-state index in [9.17, 15) is 4.57 Å². The van der Waals surface area contributed by atoms with E-state index in [0.717, 1.165) is 0 Å². The molecule has 0 aromatic rings. The van der Waals surface area contributed by atoms with Crippen LogP contribution in [0.4, 0.5) is 0 Å². The van der Waals surface area contributed by atoms with Gasteiger partial charge in [0.15, 0.2) is 0 Å². The predicted octanol–water partition coefficient (Wildman–Crippen LogP) is 3.41. The Kier molecular flexibility index (Phi) is 3.23. The van der Waals surface area contributed by atoms with Gasteiger partial charge in [0.2, 0.25) is 0 Å². The van der Waals surface area contributed by atoms with Crippen LogP contribution in [-0.4, -0.2) is 10.3 Å². The van der Waals surface area contributed by atoms with Gasteiger partial charge in [0, 0.05) is 0 Å². The van der Waals surface area contributed by atoms with Crippen LogP contribution in [0, 0.1) is 0 Å². The normalized spacial score (nSPS) is 15.3. The van der Waals surface area contributed by atoms with E-state index in [1.807, 2.05) is 41.5 Å². The van der Waals surface area contributed by atoms with Gasteiger partial charge in [0.25, 0.3) is 0 Å². The summed E-state index contributed by atoms with van der Waals surface area (Å²) in [6.07, 6.45) is 0. The zero-order valence-electron chi connectivity index (χ0n) is 8.17. The molecule has 0 fully saturated rings. The van der Waals surface area contributed by atoms with Crippen LogP contribution in [0.15, 0.2) is 0 Å². The third-order valence-corrected chi connectivity index (χ3v) is 11.2. The fourth-order valence-corrected chi connectivity index (χ4v) is 3.02. The van der Waals surface area contributed by atoms with Crippen molar-refractivity contribution in [3.8, 4) is 0 Å². The molecule has 0 saturated carbocycles. The van der Waals surface area contributed by atoms with Crippen molar-refractivity contribution in [1.29, 1.82) is 0 Å². The van der Waals surface area contributed by atoms with Crippen LogP contribution < -0.4 is 0 Å². The van der Waals surface area contributed by atoms with E-state index < -0.39 is 5.33 Å². The molecule has 0 spiro atoms. The standard InChI is InChI=1S/C8H18OP.Pd/c1-7(2,3)10(9)8(4,5)6;/h1-6H3;/q+1;-1. The molecule has 11 heavy (non-hydrogen) atoms. The second-order valence-electron chi connectivity index (χ2n) is 4.84. The number of rotatable bonds is 0. The van der Waals surface area contributed by atoms with E-state index in [2.05, 4.69) is 18.7 Å². The van der Waals surface area contributed by atoms with Crippen molar-refractivity contribution in [2.24, 2.45) is 0 Å². The van der Waals surface area contributed by atoms with Gasteiger partial charge in [0.05, 0.1) is 0 Å². The second-order valence-corrected chi connectivity index (χ2v) is 11.4. The molecule has 0 aromatic heterocycles. The van der Waals surface area contributed by atoms with Gasteiger partial charge >= 0.3 is 80.5 Å². The van der Waals surface area contributed by atoms with Crippen LogP contribution in [0.1, 0.15) is 41.5 Å². The van der Waals surface area contributed by atoms with Crippen molar-refractivity contribution in [3.63, 3.8) is 0 Å². The van der Waals surface area contributed by atoms with Crippen molar-refractivity contribution in [2.75, 3.05) is 0 Å². The van der Waals surface area contributed by atoms with Crippen molar-refractivity contribution in [3.05, 3.63) is 0 Å². The molecule has 0 heterocycles. The van der Waals surface area contributed by atoms with Crippen LogP contribution in [0.2, 0.25) is 0 Å². The summed E-state index contributed by atoms with van der Waals surface area (Å²) in [5.74, 6) is 0. The van der Waals surface area contributed by atoms with Gasteiger partial charge in [-0.05, 0) is 0 Å². The van der Waals surface area contributed by atoms with E-state index in [1.165, 1.54) is 0 Å². The Bertz CT molecular complexity index is 167. The Morgan fingerprint density at radius 1 is 0.909 bits per heavy atom. The fourth-order valence-electron chi connectivity index (χ4n) is 1.01. The molecule has 0 aromatic carbocycles. The van der Waals surface area contributed by atoms with E-state index >= 15 is 0 Å². The minimum atomic E-state index is -2.21. The van der Waals surface area contributed by atoms with Crippen molar-refractivity contribution >= 4 is 5.33 Å². The molecule has 1 nitrogen and oxygen atoms in total. The van der Waals surface area contributed by atoms with Crippen LogP contribution in [0.3, 0.4) is 0 Å². The van der Waals surface area contributed by atoms with Crippen LogP contribution in [0.25, 0.3) is 0 Å². The third kappa shape index (κ3) is 2.41. The summed E-state index contributed by atoms with van der Waals surface area (Å²) in [6.45, 7) is 12.1. The summed E-state index contributed by atoms with van der Waals surface area (Å²) >= 11 is 3.08. The van der Waals surface area contributed by atoms with Gasteiger partial charge in [-0.25, -0.2) is 0 Å². The molecule has 71 valence electrons. The Morgan fingerprint density at radius 2 is 1.09 bits per heavy atom. The van der Waals surface area contributed by atoms with Gasteiger partial charge in [-0.2, -0.15) is 0 Å². The Labute approximate surface area is 80.6 Å². The van der Waals surface area contributed by atoms with Crippen LogP contribution >= 0.6 is 5.33 Å². The maximum atomic E-state index is 12.2. The topological polar surface area (TPSA) is 17.1 Å². The summed E-state index contributed by atoms with van der Waals surface area (Å²) in [5, 5.41) is -2.47. The molecule has 0 atom stereocenters. The summed E-state index contributed by atoms with van der Waals surface area (Å²) < 4.78 is 12.2. The first-order valence-corrected chi connectivity index (χ1v) is 7.40. The average molecular weight is 268 g/mol. The van der Waals surface area contributed by atoms with Crippen molar-refractivity contribution in [2.45, 2.75) is 51.9 Å². The SMILES string of the molecule is CC(C)(C)[P](=O)([Pd])C(C)(C)C. The zero-order valence-corrected chi connectivity index (χ0v) is 10.6. The molecular weight excluding hydrogens is 249 g/mol. The van der Waals surface area contributed by atoms with Crippen molar-refractivity contribution in [1.82, 2.24) is 0 Å². The van der Waals surface area contributed by atoms with Crippen molar-refractivity contribution < 1.29 is 23.3 Å². The molecule has 3 heteroatoms. The first kappa shape index (κ1) is 11.9. The van der Waals surface area contributed by atoms with E-state index in [0.29, 0.717) is 0 Å². The number of hydrogen-bond acceptors (Lipinski definition) is 1. The van der Waals surface area contributed by atoms with Gasteiger partial charge in [-0.3, -0.25) is 0 Å². The summed E-state index contributed by atoms with van der Waals surface area (Å²) in [7, 11) is 0. The molecule has 0 aliphatic carbocycles. The maximum absolute atomic E-state index is 12.2. The summed E-state index contributed by atoms with van der Waals surface area (Å²) in [5.41, 5.74) is 0. The molecule has 0 amide bonds. The van der Waals surface area contributed by atoms with E-state index in [1.54, 1.807) is 0 Å². The second kappa shape index (κ2) is 2.99. The molecule has 0 saturated heterocycles. The monoisotopic (exact) mass is 267 g/mol. The molecule has 0 radical (unpaired) electrons. The Hall–Kier alpha value is 0.892. The Balaban J connectivity index is 4.92. The zero-order chi connectivity index (χ0) is 9.50. The average Bonchev–Trinajstić information content (AvgIpc) is 1.58.